The quantitative estimate of drug-likeness (QED) is 0.614. The Kier molecular flexibility index (Phi) is 5.38. The summed E-state index contributed by atoms with van der Waals surface area (Å²) < 4.78 is 0. The summed E-state index contributed by atoms with van der Waals surface area (Å²) in [7, 11) is 0. The second-order valence-corrected chi connectivity index (χ2v) is 6.71. The summed E-state index contributed by atoms with van der Waals surface area (Å²) in [4.78, 5) is 15.3. The minimum Gasteiger partial charge on any atom is -0.508 e. The molecule has 0 aromatic heterocycles. The molecule has 1 heterocycles. The van der Waals surface area contributed by atoms with Crippen LogP contribution in [-0.2, 0) is 0 Å². The molecule has 134 valence electrons. The van der Waals surface area contributed by atoms with Crippen LogP contribution >= 0.6 is 12.2 Å². The predicted octanol–water partition coefficient (Wildman–Crippen LogP) is 4.19. The normalized spacial score (nSPS) is 17.2. The molecule has 1 unspecified atom stereocenters. The molecular weight excluding hydrogens is 344 g/mol. The Balaban J connectivity index is 2.13. The number of carbonyl (C=O) groups is 1. The van der Waals surface area contributed by atoms with E-state index in [-0.39, 0.29) is 11.5 Å². The molecule has 0 spiro atoms. The Morgan fingerprint density at radius 2 is 1.92 bits per heavy atom. The first kappa shape index (κ1) is 18.1. The van der Waals surface area contributed by atoms with Crippen LogP contribution in [0.25, 0.3) is 0 Å². The monoisotopic (exact) mass is 366 g/mol. The molecule has 0 saturated carbocycles. The van der Waals surface area contributed by atoms with Gasteiger partial charge < -0.3 is 15.3 Å². The van der Waals surface area contributed by atoms with Crippen molar-refractivity contribution in [2.24, 2.45) is 0 Å². The van der Waals surface area contributed by atoms with E-state index >= 15 is 0 Å². The SMILES string of the molecule is CCCN1C(=S)NC(c2cccc(O)c2)C(C(=O)c2ccccc2)=C1C. The highest BCUT2D eigenvalue weighted by molar-refractivity contribution is 7.80. The number of phenols is 1. The van der Waals surface area contributed by atoms with E-state index in [1.165, 1.54) is 0 Å². The summed E-state index contributed by atoms with van der Waals surface area (Å²) in [6.45, 7) is 4.76. The number of allylic oxidation sites excluding steroid dienone is 1. The van der Waals surface area contributed by atoms with Gasteiger partial charge in [0, 0.05) is 23.4 Å². The third-order valence-corrected chi connectivity index (χ3v) is 4.87. The fourth-order valence-corrected chi connectivity index (χ4v) is 3.61. The number of nitrogens with zero attached hydrogens (tertiary/aromatic N) is 1. The Morgan fingerprint density at radius 3 is 2.58 bits per heavy atom. The molecule has 0 saturated heterocycles. The molecule has 2 aromatic rings. The largest absolute Gasteiger partial charge is 0.508 e. The number of Topliss-reactive ketones (excluding diaryl/α,β-unsaturated/α-hetero) is 1. The molecule has 26 heavy (non-hydrogen) atoms. The number of ketones is 1. The van der Waals surface area contributed by atoms with Crippen LogP contribution in [0.4, 0.5) is 0 Å². The maximum Gasteiger partial charge on any atom is 0.193 e. The van der Waals surface area contributed by atoms with Crippen LogP contribution in [0, 0.1) is 0 Å². The summed E-state index contributed by atoms with van der Waals surface area (Å²) in [5, 5.41) is 13.8. The van der Waals surface area contributed by atoms with Gasteiger partial charge in [-0.15, -0.1) is 0 Å². The van der Waals surface area contributed by atoms with Gasteiger partial charge in [-0.25, -0.2) is 0 Å². The number of rotatable bonds is 5. The minimum atomic E-state index is -0.393. The molecular formula is C21H22N2O2S. The van der Waals surface area contributed by atoms with Gasteiger partial charge >= 0.3 is 0 Å². The second-order valence-electron chi connectivity index (χ2n) is 6.32. The summed E-state index contributed by atoms with van der Waals surface area (Å²) in [5.41, 5.74) is 2.96. The van der Waals surface area contributed by atoms with Crippen molar-refractivity contribution in [1.29, 1.82) is 0 Å². The number of aromatic hydroxyl groups is 1. The van der Waals surface area contributed by atoms with Crippen molar-refractivity contribution in [2.75, 3.05) is 6.54 Å². The molecule has 5 heteroatoms. The average Bonchev–Trinajstić information content (AvgIpc) is 2.65. The van der Waals surface area contributed by atoms with Crippen LogP contribution in [0.5, 0.6) is 5.75 Å². The lowest BCUT2D eigenvalue weighted by Crippen LogP contribution is -2.47. The molecule has 0 aliphatic carbocycles. The Bertz CT molecular complexity index is 861. The van der Waals surface area contributed by atoms with E-state index in [4.69, 9.17) is 12.2 Å². The van der Waals surface area contributed by atoms with Gasteiger partial charge in [-0.1, -0.05) is 49.4 Å². The minimum absolute atomic E-state index is 0.0347. The van der Waals surface area contributed by atoms with Crippen molar-refractivity contribution in [2.45, 2.75) is 26.3 Å². The first-order valence-electron chi connectivity index (χ1n) is 8.70. The molecule has 1 atom stereocenters. The topological polar surface area (TPSA) is 52.6 Å². The summed E-state index contributed by atoms with van der Waals surface area (Å²) >= 11 is 5.54. The molecule has 1 aliphatic heterocycles. The van der Waals surface area contributed by atoms with E-state index in [2.05, 4.69) is 12.2 Å². The van der Waals surface area contributed by atoms with Crippen molar-refractivity contribution < 1.29 is 9.90 Å². The van der Waals surface area contributed by atoms with Crippen molar-refractivity contribution in [3.8, 4) is 5.75 Å². The molecule has 0 amide bonds. The number of phenolic OH excluding ortho intramolecular Hbond substituents is 1. The average molecular weight is 366 g/mol. The van der Waals surface area contributed by atoms with E-state index in [1.54, 1.807) is 18.2 Å². The maximum atomic E-state index is 13.3. The van der Waals surface area contributed by atoms with Crippen molar-refractivity contribution in [3.63, 3.8) is 0 Å². The highest BCUT2D eigenvalue weighted by Crippen LogP contribution is 2.34. The van der Waals surface area contributed by atoms with Crippen LogP contribution < -0.4 is 5.32 Å². The van der Waals surface area contributed by atoms with Crippen LogP contribution in [0.1, 0.15) is 42.2 Å². The van der Waals surface area contributed by atoms with Gasteiger partial charge in [0.25, 0.3) is 0 Å². The van der Waals surface area contributed by atoms with Gasteiger partial charge in [0.15, 0.2) is 10.9 Å². The lowest BCUT2D eigenvalue weighted by atomic mass is 9.89. The standard InChI is InChI=1S/C21H22N2O2S/c1-3-12-23-14(2)18(20(25)15-8-5-4-6-9-15)19(22-21(23)26)16-10-7-11-17(24)13-16/h4-11,13,19,24H,3,12H2,1-2H3,(H,22,26). The second kappa shape index (κ2) is 7.70. The Morgan fingerprint density at radius 1 is 1.19 bits per heavy atom. The van der Waals surface area contributed by atoms with Crippen molar-refractivity contribution in [1.82, 2.24) is 10.2 Å². The van der Waals surface area contributed by atoms with E-state index in [1.807, 2.05) is 48.2 Å². The smallest absolute Gasteiger partial charge is 0.193 e. The third-order valence-electron chi connectivity index (χ3n) is 4.53. The predicted molar refractivity (Wildman–Crippen MR) is 107 cm³/mol. The van der Waals surface area contributed by atoms with Gasteiger partial charge in [-0.05, 0) is 43.3 Å². The van der Waals surface area contributed by atoms with Gasteiger partial charge in [0.05, 0.1) is 6.04 Å². The number of hydrogen-bond acceptors (Lipinski definition) is 3. The Labute approximate surface area is 159 Å². The first-order valence-corrected chi connectivity index (χ1v) is 9.11. The number of thiocarbonyl (C=S) groups is 1. The van der Waals surface area contributed by atoms with Crippen LogP contribution in [0.2, 0.25) is 0 Å². The van der Waals surface area contributed by atoms with Crippen LogP contribution in [-0.4, -0.2) is 27.4 Å². The summed E-state index contributed by atoms with van der Waals surface area (Å²) in [5.74, 6) is 0.128. The zero-order valence-corrected chi connectivity index (χ0v) is 15.7. The zero-order chi connectivity index (χ0) is 18.7. The lowest BCUT2D eigenvalue weighted by Gasteiger charge is -2.38. The van der Waals surface area contributed by atoms with E-state index in [0.717, 1.165) is 24.2 Å². The lowest BCUT2D eigenvalue weighted by molar-refractivity contribution is 0.102. The summed E-state index contributed by atoms with van der Waals surface area (Å²) in [6, 6.07) is 15.8. The fourth-order valence-electron chi connectivity index (χ4n) is 3.27. The van der Waals surface area contributed by atoms with Crippen LogP contribution in [0.15, 0.2) is 65.9 Å². The molecule has 1 aliphatic rings. The van der Waals surface area contributed by atoms with E-state index < -0.39 is 6.04 Å². The van der Waals surface area contributed by atoms with Gasteiger partial charge in [0.1, 0.15) is 5.75 Å². The molecule has 0 fully saturated rings. The molecule has 2 N–H and O–H groups in total. The highest BCUT2D eigenvalue weighted by Gasteiger charge is 2.33. The zero-order valence-electron chi connectivity index (χ0n) is 14.9. The Hall–Kier alpha value is -2.66. The van der Waals surface area contributed by atoms with Crippen molar-refractivity contribution >= 4 is 23.1 Å². The first-order chi connectivity index (χ1) is 12.5. The van der Waals surface area contributed by atoms with Gasteiger partial charge in [0.2, 0.25) is 0 Å². The number of hydrogen-bond donors (Lipinski definition) is 2. The molecule has 3 rings (SSSR count). The highest BCUT2D eigenvalue weighted by atomic mass is 32.1. The number of nitrogens with one attached hydrogen (secondary N) is 1. The number of carbonyl (C=O) groups excluding carboxylic acids is 1. The molecule has 0 bridgehead atoms. The maximum absolute atomic E-state index is 13.3. The molecule has 0 radical (unpaired) electrons. The molecule has 2 aromatic carbocycles. The fraction of sp³-hybridized carbons (Fsp3) is 0.238. The van der Waals surface area contributed by atoms with Gasteiger partial charge in [-0.3, -0.25) is 4.79 Å². The van der Waals surface area contributed by atoms with E-state index in [0.29, 0.717) is 16.2 Å². The van der Waals surface area contributed by atoms with Gasteiger partial charge in [-0.2, -0.15) is 0 Å². The summed E-state index contributed by atoms with van der Waals surface area (Å²) in [6.07, 6.45) is 0.919. The number of benzene rings is 2. The van der Waals surface area contributed by atoms with Crippen molar-refractivity contribution in [3.05, 3.63) is 77.0 Å². The third kappa shape index (κ3) is 3.48. The van der Waals surface area contributed by atoms with Crippen LogP contribution in [0.3, 0.4) is 0 Å². The molecule has 4 nitrogen and oxygen atoms in total. The van der Waals surface area contributed by atoms with E-state index in [9.17, 15) is 9.90 Å².